The third-order valence-corrected chi connectivity index (χ3v) is 4.67. The number of carbonyl (C=O) groups excluding carboxylic acids is 1. The normalized spacial score (nSPS) is 11.9. The fourth-order valence-electron chi connectivity index (χ4n) is 2.57. The van der Waals surface area contributed by atoms with Crippen LogP contribution >= 0.6 is 11.3 Å². The van der Waals surface area contributed by atoms with Gasteiger partial charge in [0.2, 0.25) is 0 Å². The van der Waals surface area contributed by atoms with Gasteiger partial charge in [-0.15, -0.1) is 11.3 Å². The van der Waals surface area contributed by atoms with Crippen molar-refractivity contribution in [3.8, 4) is 10.4 Å². The Labute approximate surface area is 146 Å². The lowest BCUT2D eigenvalue weighted by molar-refractivity contribution is 0.0940. The first kappa shape index (κ1) is 16.4. The highest BCUT2D eigenvalue weighted by atomic mass is 32.1. The van der Waals surface area contributed by atoms with Crippen LogP contribution in [0.2, 0.25) is 0 Å². The van der Waals surface area contributed by atoms with E-state index in [1.54, 1.807) is 0 Å². The smallest absolute Gasteiger partial charge is 0.271 e. The Morgan fingerprint density at radius 2 is 1.75 bits per heavy atom. The summed E-state index contributed by atoms with van der Waals surface area (Å²) in [4.78, 5) is 18.0. The molecular formula is C20H19N2OS. The van der Waals surface area contributed by atoms with Crippen molar-refractivity contribution < 1.29 is 4.79 Å². The monoisotopic (exact) mass is 335 g/mol. The predicted octanol–water partition coefficient (Wildman–Crippen LogP) is 4.29. The van der Waals surface area contributed by atoms with Crippen LogP contribution in [0.25, 0.3) is 10.4 Å². The number of aromatic nitrogens is 1. The number of nitrogens with zero attached hydrogens (tertiary/aromatic N) is 1. The zero-order valence-electron chi connectivity index (χ0n) is 13.5. The van der Waals surface area contributed by atoms with Crippen LogP contribution in [0.4, 0.5) is 0 Å². The van der Waals surface area contributed by atoms with Gasteiger partial charge in [-0.25, -0.2) is 4.98 Å². The zero-order chi connectivity index (χ0) is 16.9. The molecule has 0 saturated carbocycles. The minimum atomic E-state index is -0.203. The molecule has 0 aliphatic rings. The highest BCUT2D eigenvalue weighted by Crippen LogP contribution is 2.30. The second-order valence-corrected chi connectivity index (χ2v) is 6.84. The van der Waals surface area contributed by atoms with E-state index in [4.69, 9.17) is 0 Å². The lowest BCUT2D eigenvalue weighted by Gasteiger charge is -2.13. The van der Waals surface area contributed by atoms with Gasteiger partial charge in [-0.2, -0.15) is 0 Å². The molecule has 24 heavy (non-hydrogen) atoms. The first-order valence-corrected chi connectivity index (χ1v) is 8.66. The topological polar surface area (TPSA) is 42.0 Å². The molecule has 3 nitrogen and oxygen atoms in total. The van der Waals surface area contributed by atoms with Gasteiger partial charge in [0, 0.05) is 6.04 Å². The summed E-state index contributed by atoms with van der Waals surface area (Å²) >= 11 is 1.53. The average Bonchev–Trinajstić information content (AvgIpc) is 2.98. The second kappa shape index (κ2) is 7.41. The Balaban J connectivity index is 1.76. The van der Waals surface area contributed by atoms with Crippen molar-refractivity contribution >= 4 is 17.2 Å². The Morgan fingerprint density at radius 1 is 1.12 bits per heavy atom. The molecule has 121 valence electrons. The Kier molecular flexibility index (Phi) is 5.06. The van der Waals surface area contributed by atoms with Crippen LogP contribution in [-0.2, 0) is 6.42 Å². The standard InChI is InChI=1S/C20H19N2OS/c1-14(13-16-9-5-3-6-10-16)21-20(23)18-19(24-15(2)22-18)17-11-7-4-8-12-17/h3-12,14H,1,13H2,2H3,(H,21,23)/t14-/m0/s1. The zero-order valence-corrected chi connectivity index (χ0v) is 14.3. The van der Waals surface area contributed by atoms with Gasteiger partial charge in [0.15, 0.2) is 0 Å². The van der Waals surface area contributed by atoms with Crippen LogP contribution in [0.1, 0.15) is 21.1 Å². The van der Waals surface area contributed by atoms with E-state index in [9.17, 15) is 4.79 Å². The summed E-state index contributed by atoms with van der Waals surface area (Å²) in [6.07, 6.45) is 0.691. The van der Waals surface area contributed by atoms with Crippen LogP contribution in [0, 0.1) is 13.8 Å². The highest BCUT2D eigenvalue weighted by Gasteiger charge is 2.19. The second-order valence-electron chi connectivity index (χ2n) is 5.64. The van der Waals surface area contributed by atoms with E-state index < -0.39 is 0 Å². The van der Waals surface area contributed by atoms with E-state index in [2.05, 4.69) is 17.2 Å². The Morgan fingerprint density at radius 3 is 2.42 bits per heavy atom. The molecule has 0 bridgehead atoms. The predicted molar refractivity (Wildman–Crippen MR) is 99.0 cm³/mol. The molecule has 0 fully saturated rings. The van der Waals surface area contributed by atoms with Crippen molar-refractivity contribution in [2.75, 3.05) is 0 Å². The fourth-order valence-corrected chi connectivity index (χ4v) is 3.49. The third-order valence-electron chi connectivity index (χ3n) is 3.65. The van der Waals surface area contributed by atoms with Crippen molar-refractivity contribution in [3.05, 3.63) is 83.9 Å². The minimum Gasteiger partial charge on any atom is -0.348 e. The lowest BCUT2D eigenvalue weighted by atomic mass is 10.1. The van der Waals surface area contributed by atoms with Crippen LogP contribution in [0.15, 0.2) is 60.7 Å². The molecule has 1 heterocycles. The molecule has 1 amide bonds. The number of amides is 1. The first-order chi connectivity index (χ1) is 11.6. The van der Waals surface area contributed by atoms with Crippen LogP contribution in [0.3, 0.4) is 0 Å². The van der Waals surface area contributed by atoms with Gasteiger partial charge in [-0.1, -0.05) is 60.7 Å². The summed E-state index contributed by atoms with van der Waals surface area (Å²) in [5.41, 5.74) is 2.64. The number of benzene rings is 2. The average molecular weight is 335 g/mol. The molecule has 3 aromatic rings. The summed E-state index contributed by atoms with van der Waals surface area (Å²) < 4.78 is 0. The number of hydrogen-bond donors (Lipinski definition) is 1. The lowest BCUT2D eigenvalue weighted by Crippen LogP contribution is -2.34. The van der Waals surface area contributed by atoms with E-state index in [0.29, 0.717) is 12.1 Å². The van der Waals surface area contributed by atoms with Crippen molar-refractivity contribution in [2.45, 2.75) is 19.4 Å². The fraction of sp³-hybridized carbons (Fsp3) is 0.150. The van der Waals surface area contributed by atoms with Crippen molar-refractivity contribution in [2.24, 2.45) is 0 Å². The van der Waals surface area contributed by atoms with Gasteiger partial charge in [0.1, 0.15) is 5.69 Å². The van der Waals surface area contributed by atoms with Crippen LogP contribution in [-0.4, -0.2) is 16.9 Å². The van der Waals surface area contributed by atoms with Crippen LogP contribution in [0.5, 0.6) is 0 Å². The minimum absolute atomic E-state index is 0.172. The quantitative estimate of drug-likeness (QED) is 0.755. The summed E-state index contributed by atoms with van der Waals surface area (Å²) in [5.74, 6) is -0.172. The number of nitrogens with one attached hydrogen (secondary N) is 1. The SMILES string of the molecule is [CH2][C@@H](Cc1ccccc1)NC(=O)c1nc(C)sc1-c1ccccc1. The molecule has 0 aliphatic heterocycles. The molecule has 0 aliphatic carbocycles. The maximum atomic E-state index is 12.6. The molecule has 0 saturated heterocycles. The summed E-state index contributed by atoms with van der Waals surface area (Å²) in [5, 5.41) is 3.84. The number of aryl methyl sites for hydroxylation is 1. The third kappa shape index (κ3) is 3.89. The first-order valence-electron chi connectivity index (χ1n) is 7.84. The van der Waals surface area contributed by atoms with E-state index in [1.807, 2.05) is 67.6 Å². The largest absolute Gasteiger partial charge is 0.348 e. The molecular weight excluding hydrogens is 316 g/mol. The molecule has 3 rings (SSSR count). The van der Waals surface area contributed by atoms with Crippen molar-refractivity contribution in [1.82, 2.24) is 10.3 Å². The van der Waals surface area contributed by atoms with Crippen LogP contribution < -0.4 is 5.32 Å². The maximum Gasteiger partial charge on any atom is 0.271 e. The van der Waals surface area contributed by atoms with Gasteiger partial charge in [-0.3, -0.25) is 4.79 Å². The van der Waals surface area contributed by atoms with Crippen molar-refractivity contribution in [1.29, 1.82) is 0 Å². The van der Waals surface area contributed by atoms with Gasteiger partial charge < -0.3 is 5.32 Å². The summed E-state index contributed by atoms with van der Waals surface area (Å²) in [6.45, 7) is 5.97. The Bertz CT molecular complexity index is 812. The highest BCUT2D eigenvalue weighted by molar-refractivity contribution is 7.15. The van der Waals surface area contributed by atoms with Gasteiger partial charge in [-0.05, 0) is 31.4 Å². The van der Waals surface area contributed by atoms with Gasteiger partial charge in [0.25, 0.3) is 5.91 Å². The number of rotatable bonds is 5. The molecule has 4 heteroatoms. The number of carbonyl (C=O) groups is 1. The summed E-state index contributed by atoms with van der Waals surface area (Å²) in [6, 6.07) is 19.7. The van der Waals surface area contributed by atoms with E-state index in [-0.39, 0.29) is 11.9 Å². The number of thiazole rings is 1. The molecule has 1 aromatic heterocycles. The number of hydrogen-bond acceptors (Lipinski definition) is 3. The van der Waals surface area contributed by atoms with Gasteiger partial charge >= 0.3 is 0 Å². The maximum absolute atomic E-state index is 12.6. The molecule has 1 radical (unpaired) electrons. The Hall–Kier alpha value is -2.46. The van der Waals surface area contributed by atoms with Crippen molar-refractivity contribution in [3.63, 3.8) is 0 Å². The van der Waals surface area contributed by atoms with Gasteiger partial charge in [0.05, 0.1) is 9.88 Å². The molecule has 0 spiro atoms. The molecule has 0 unspecified atom stereocenters. The van der Waals surface area contributed by atoms with E-state index >= 15 is 0 Å². The van der Waals surface area contributed by atoms with E-state index in [1.165, 1.54) is 11.3 Å². The van der Waals surface area contributed by atoms with E-state index in [0.717, 1.165) is 21.0 Å². The summed E-state index contributed by atoms with van der Waals surface area (Å²) in [7, 11) is 0. The molecule has 1 N–H and O–H groups in total. The molecule has 1 atom stereocenters. The molecule has 2 aromatic carbocycles.